The van der Waals surface area contributed by atoms with Crippen molar-refractivity contribution >= 4 is 28.9 Å². The third-order valence-corrected chi connectivity index (χ3v) is 6.66. The Kier molecular flexibility index (Phi) is 5.09. The second-order valence-corrected chi connectivity index (χ2v) is 8.42. The van der Waals surface area contributed by atoms with Gasteiger partial charge in [0.2, 0.25) is 5.91 Å². The van der Waals surface area contributed by atoms with Crippen molar-refractivity contribution in [1.29, 1.82) is 0 Å². The molecule has 2 aliphatic heterocycles. The number of likely N-dealkylation sites (tertiary alicyclic amines) is 1. The van der Waals surface area contributed by atoms with E-state index in [1.807, 2.05) is 11.4 Å². The number of nitrogens with zero attached hydrogens (tertiary/aromatic N) is 1. The van der Waals surface area contributed by atoms with Crippen LogP contribution in [0.3, 0.4) is 0 Å². The second-order valence-electron chi connectivity index (χ2n) is 7.47. The van der Waals surface area contributed by atoms with E-state index in [0.29, 0.717) is 30.2 Å². The smallest absolute Gasteiger partial charge is 0.261 e. The SMILES string of the molecule is O=C(NC(CC1CCCC1)C(=O)N1CCC2OCC(=O)C21)c1cccs1. The number of Topliss-reactive ketones (excluding diaryl/α,β-unsaturated/α-hetero) is 1. The summed E-state index contributed by atoms with van der Waals surface area (Å²) in [7, 11) is 0. The molecule has 1 aromatic heterocycles. The van der Waals surface area contributed by atoms with E-state index in [-0.39, 0.29) is 30.3 Å². The fraction of sp³-hybridized carbons (Fsp3) is 0.632. The van der Waals surface area contributed by atoms with Crippen molar-refractivity contribution in [3.63, 3.8) is 0 Å². The molecule has 4 rings (SSSR count). The lowest BCUT2D eigenvalue weighted by Gasteiger charge is -2.28. The zero-order chi connectivity index (χ0) is 18.1. The van der Waals surface area contributed by atoms with Gasteiger partial charge >= 0.3 is 0 Å². The van der Waals surface area contributed by atoms with Crippen molar-refractivity contribution in [2.75, 3.05) is 13.2 Å². The number of amides is 2. The van der Waals surface area contributed by atoms with Crippen LogP contribution in [0.15, 0.2) is 17.5 Å². The van der Waals surface area contributed by atoms with Crippen LogP contribution in [0, 0.1) is 5.92 Å². The Bertz CT molecular complexity index is 684. The molecule has 1 N–H and O–H groups in total. The normalized spacial score (nSPS) is 26.9. The number of carbonyl (C=O) groups excluding carboxylic acids is 3. The van der Waals surface area contributed by atoms with Crippen molar-refractivity contribution in [2.24, 2.45) is 5.92 Å². The van der Waals surface area contributed by atoms with E-state index in [1.54, 1.807) is 11.0 Å². The molecule has 3 heterocycles. The Balaban J connectivity index is 1.50. The van der Waals surface area contributed by atoms with Crippen LogP contribution in [0.25, 0.3) is 0 Å². The number of hydrogen-bond acceptors (Lipinski definition) is 5. The predicted octanol–water partition coefficient (Wildman–Crippen LogP) is 2.00. The Hall–Kier alpha value is -1.73. The number of hydrogen-bond donors (Lipinski definition) is 1. The molecule has 3 fully saturated rings. The van der Waals surface area contributed by atoms with Gasteiger partial charge in [-0.2, -0.15) is 0 Å². The molecule has 0 aromatic carbocycles. The summed E-state index contributed by atoms with van der Waals surface area (Å²) in [5, 5.41) is 4.80. The number of ketones is 1. The fourth-order valence-corrected chi connectivity index (χ4v) is 5.11. The summed E-state index contributed by atoms with van der Waals surface area (Å²) in [6, 6.07) is 2.55. The highest BCUT2D eigenvalue weighted by Crippen LogP contribution is 2.31. The molecule has 2 amide bonds. The summed E-state index contributed by atoms with van der Waals surface area (Å²) in [4.78, 5) is 40.2. The van der Waals surface area contributed by atoms with Gasteiger partial charge in [0.15, 0.2) is 5.78 Å². The minimum absolute atomic E-state index is 0.0231. The number of nitrogens with one attached hydrogen (secondary N) is 1. The number of rotatable bonds is 5. The van der Waals surface area contributed by atoms with E-state index in [0.717, 1.165) is 12.8 Å². The molecule has 1 aromatic rings. The van der Waals surface area contributed by atoms with Gasteiger partial charge in [0, 0.05) is 6.54 Å². The maximum Gasteiger partial charge on any atom is 0.261 e. The Morgan fingerprint density at radius 3 is 2.85 bits per heavy atom. The predicted molar refractivity (Wildman–Crippen MR) is 97.0 cm³/mol. The first-order chi connectivity index (χ1) is 12.6. The third kappa shape index (κ3) is 3.42. The highest BCUT2D eigenvalue weighted by molar-refractivity contribution is 7.12. The molecular formula is C19H24N2O4S. The van der Waals surface area contributed by atoms with Crippen molar-refractivity contribution in [3.05, 3.63) is 22.4 Å². The van der Waals surface area contributed by atoms with Crippen LogP contribution >= 0.6 is 11.3 Å². The van der Waals surface area contributed by atoms with E-state index >= 15 is 0 Å². The summed E-state index contributed by atoms with van der Waals surface area (Å²) in [6.07, 6.45) is 5.75. The van der Waals surface area contributed by atoms with Gasteiger partial charge in [-0.05, 0) is 30.2 Å². The van der Waals surface area contributed by atoms with Gasteiger partial charge in [-0.1, -0.05) is 31.7 Å². The van der Waals surface area contributed by atoms with Crippen LogP contribution in [-0.2, 0) is 14.3 Å². The Morgan fingerprint density at radius 2 is 2.12 bits per heavy atom. The molecule has 3 atom stereocenters. The lowest BCUT2D eigenvalue weighted by atomic mass is 9.97. The molecule has 3 aliphatic rings. The second kappa shape index (κ2) is 7.48. The molecule has 1 aliphatic carbocycles. The topological polar surface area (TPSA) is 75.7 Å². The van der Waals surface area contributed by atoms with Crippen LogP contribution in [0.2, 0.25) is 0 Å². The van der Waals surface area contributed by atoms with Gasteiger partial charge in [0.25, 0.3) is 5.91 Å². The molecule has 2 saturated heterocycles. The first-order valence-electron chi connectivity index (χ1n) is 9.42. The molecule has 26 heavy (non-hydrogen) atoms. The van der Waals surface area contributed by atoms with Gasteiger partial charge < -0.3 is 15.0 Å². The van der Waals surface area contributed by atoms with Crippen molar-refractivity contribution < 1.29 is 19.1 Å². The van der Waals surface area contributed by atoms with Crippen LogP contribution in [0.4, 0.5) is 0 Å². The highest BCUT2D eigenvalue weighted by Gasteiger charge is 2.48. The first-order valence-corrected chi connectivity index (χ1v) is 10.3. The number of carbonyl (C=O) groups is 3. The molecule has 140 valence electrons. The third-order valence-electron chi connectivity index (χ3n) is 5.79. The Labute approximate surface area is 156 Å². The van der Waals surface area contributed by atoms with Gasteiger partial charge in [0.05, 0.1) is 11.0 Å². The van der Waals surface area contributed by atoms with Crippen LogP contribution in [0.5, 0.6) is 0 Å². The average molecular weight is 376 g/mol. The van der Waals surface area contributed by atoms with E-state index in [2.05, 4.69) is 5.32 Å². The summed E-state index contributed by atoms with van der Waals surface area (Å²) in [5.41, 5.74) is 0. The van der Waals surface area contributed by atoms with Crippen LogP contribution in [0.1, 0.15) is 48.2 Å². The maximum atomic E-state index is 13.2. The van der Waals surface area contributed by atoms with Crippen LogP contribution < -0.4 is 5.32 Å². The number of fused-ring (bicyclic) bond motifs is 1. The molecule has 0 bridgehead atoms. The monoisotopic (exact) mass is 376 g/mol. The lowest BCUT2D eigenvalue weighted by molar-refractivity contribution is -0.138. The number of thiophene rings is 1. The maximum absolute atomic E-state index is 13.2. The summed E-state index contributed by atoms with van der Waals surface area (Å²) in [5.74, 6) is 0.0980. The summed E-state index contributed by atoms with van der Waals surface area (Å²) in [6.45, 7) is 0.615. The van der Waals surface area contributed by atoms with E-state index in [4.69, 9.17) is 4.74 Å². The Morgan fingerprint density at radius 1 is 1.31 bits per heavy atom. The summed E-state index contributed by atoms with van der Waals surface area (Å²) < 4.78 is 5.49. The zero-order valence-electron chi connectivity index (χ0n) is 14.7. The lowest BCUT2D eigenvalue weighted by Crippen LogP contribution is -2.52. The standard InChI is InChI=1S/C19H24N2O4S/c22-14-11-25-15-7-8-21(17(14)15)19(24)13(10-12-4-1-2-5-12)20-18(23)16-6-3-9-26-16/h3,6,9,12-13,15,17H,1-2,4-5,7-8,10-11H2,(H,20,23). The van der Waals surface area contributed by atoms with Crippen molar-refractivity contribution in [2.45, 2.75) is 56.7 Å². The number of ether oxygens (including phenoxy) is 1. The van der Waals surface area contributed by atoms with E-state index < -0.39 is 12.1 Å². The molecule has 1 saturated carbocycles. The van der Waals surface area contributed by atoms with Crippen molar-refractivity contribution in [1.82, 2.24) is 10.2 Å². The van der Waals surface area contributed by atoms with Gasteiger partial charge in [0.1, 0.15) is 18.7 Å². The zero-order valence-corrected chi connectivity index (χ0v) is 15.5. The van der Waals surface area contributed by atoms with E-state index in [1.165, 1.54) is 24.2 Å². The quantitative estimate of drug-likeness (QED) is 0.853. The van der Waals surface area contributed by atoms with Crippen LogP contribution in [-0.4, -0.2) is 53.8 Å². The summed E-state index contributed by atoms with van der Waals surface area (Å²) >= 11 is 1.36. The van der Waals surface area contributed by atoms with Gasteiger partial charge in [-0.25, -0.2) is 0 Å². The van der Waals surface area contributed by atoms with E-state index in [9.17, 15) is 14.4 Å². The first kappa shape index (κ1) is 17.7. The molecule has 7 heteroatoms. The molecule has 6 nitrogen and oxygen atoms in total. The van der Waals surface area contributed by atoms with Crippen molar-refractivity contribution in [3.8, 4) is 0 Å². The largest absolute Gasteiger partial charge is 0.368 e. The molecule has 3 unspecified atom stereocenters. The molecule has 0 radical (unpaired) electrons. The average Bonchev–Trinajstić information content (AvgIpc) is 3.41. The van der Waals surface area contributed by atoms with Gasteiger partial charge in [-0.15, -0.1) is 11.3 Å². The fourth-order valence-electron chi connectivity index (χ4n) is 4.48. The molecular weight excluding hydrogens is 352 g/mol. The minimum Gasteiger partial charge on any atom is -0.368 e. The minimum atomic E-state index is -0.570. The highest BCUT2D eigenvalue weighted by atomic mass is 32.1. The molecule has 0 spiro atoms. The van der Waals surface area contributed by atoms with Gasteiger partial charge in [-0.3, -0.25) is 14.4 Å².